The minimum atomic E-state index is -0.0411. The maximum atomic E-state index is 12.4. The summed E-state index contributed by atoms with van der Waals surface area (Å²) in [6.07, 6.45) is 2.22. The first-order chi connectivity index (χ1) is 12.2. The van der Waals surface area contributed by atoms with E-state index in [4.69, 9.17) is 9.84 Å². The Hall–Kier alpha value is -2.79. The van der Waals surface area contributed by atoms with Gasteiger partial charge in [-0.2, -0.15) is 0 Å². The van der Waals surface area contributed by atoms with Crippen LogP contribution in [0.3, 0.4) is 0 Å². The van der Waals surface area contributed by atoms with E-state index in [1.54, 1.807) is 0 Å². The normalized spacial score (nSPS) is 10.8. The highest BCUT2D eigenvalue weighted by Gasteiger charge is 2.11. The van der Waals surface area contributed by atoms with Crippen LogP contribution in [0.5, 0.6) is 5.75 Å². The van der Waals surface area contributed by atoms with E-state index in [0.29, 0.717) is 18.7 Å². The molecule has 3 N–H and O–H groups in total. The molecule has 25 heavy (non-hydrogen) atoms. The molecule has 0 unspecified atom stereocenters. The van der Waals surface area contributed by atoms with Gasteiger partial charge in [0.15, 0.2) is 0 Å². The third-order valence-electron chi connectivity index (χ3n) is 4.14. The highest BCUT2D eigenvalue weighted by molar-refractivity contribution is 5.91. The zero-order chi connectivity index (χ0) is 17.6. The van der Waals surface area contributed by atoms with Crippen molar-refractivity contribution in [3.63, 3.8) is 0 Å². The van der Waals surface area contributed by atoms with Gasteiger partial charge in [-0.15, -0.1) is 0 Å². The van der Waals surface area contributed by atoms with Crippen molar-refractivity contribution in [2.24, 2.45) is 0 Å². The fourth-order valence-corrected chi connectivity index (χ4v) is 2.97. The van der Waals surface area contributed by atoms with Gasteiger partial charge < -0.3 is 20.1 Å². The van der Waals surface area contributed by atoms with Crippen LogP contribution in [0.25, 0.3) is 10.9 Å². The molecule has 0 fully saturated rings. The largest absolute Gasteiger partial charge is 0.491 e. The first kappa shape index (κ1) is 17.0. The second-order valence-corrected chi connectivity index (χ2v) is 5.94. The molecular formula is C20H22N2O3. The molecule has 3 rings (SSSR count). The highest BCUT2D eigenvalue weighted by Crippen LogP contribution is 2.22. The first-order valence-electron chi connectivity index (χ1n) is 8.33. The van der Waals surface area contributed by atoms with Crippen LogP contribution >= 0.6 is 0 Å². The van der Waals surface area contributed by atoms with E-state index >= 15 is 0 Å². The third-order valence-corrected chi connectivity index (χ3v) is 4.14. The SMILES string of the molecule is Cc1cccc2[nH]cc(CC(=O)NCc3ccccc3OCCO)c12. The second-order valence-electron chi connectivity index (χ2n) is 5.94. The molecule has 0 aliphatic heterocycles. The Kier molecular flexibility index (Phi) is 5.36. The van der Waals surface area contributed by atoms with Crippen molar-refractivity contribution in [1.82, 2.24) is 10.3 Å². The summed E-state index contributed by atoms with van der Waals surface area (Å²) in [7, 11) is 0. The molecule has 5 nitrogen and oxygen atoms in total. The van der Waals surface area contributed by atoms with E-state index in [9.17, 15) is 4.79 Å². The topological polar surface area (TPSA) is 74.4 Å². The number of fused-ring (bicyclic) bond motifs is 1. The standard InChI is InChI=1S/C20H22N2O3/c1-14-5-4-7-17-20(14)16(13-21-17)11-19(24)22-12-15-6-2-3-8-18(15)25-10-9-23/h2-8,13,21,23H,9-12H2,1H3,(H,22,24). The summed E-state index contributed by atoms with van der Waals surface area (Å²) in [5, 5.41) is 12.9. The molecule has 5 heteroatoms. The number of hydrogen-bond acceptors (Lipinski definition) is 3. The third kappa shape index (κ3) is 4.00. The lowest BCUT2D eigenvalue weighted by molar-refractivity contribution is -0.120. The average molecular weight is 338 g/mol. The molecule has 3 aromatic rings. The van der Waals surface area contributed by atoms with Gasteiger partial charge in [0, 0.05) is 29.2 Å². The summed E-state index contributed by atoms with van der Waals surface area (Å²) < 4.78 is 5.49. The Labute approximate surface area is 146 Å². The van der Waals surface area contributed by atoms with E-state index in [-0.39, 0.29) is 19.1 Å². The van der Waals surface area contributed by atoms with Gasteiger partial charge in [-0.1, -0.05) is 30.3 Å². The van der Waals surface area contributed by atoms with Gasteiger partial charge in [0.2, 0.25) is 5.91 Å². The van der Waals surface area contributed by atoms with Crippen LogP contribution in [0, 0.1) is 6.92 Å². The molecule has 0 atom stereocenters. The Balaban J connectivity index is 1.65. The van der Waals surface area contributed by atoms with Crippen molar-refractivity contribution in [3.05, 3.63) is 65.4 Å². The number of para-hydroxylation sites is 1. The number of carbonyl (C=O) groups excluding carboxylic acids is 1. The number of ether oxygens (including phenoxy) is 1. The average Bonchev–Trinajstić information content (AvgIpc) is 3.03. The van der Waals surface area contributed by atoms with Gasteiger partial charge in [0.1, 0.15) is 12.4 Å². The fourth-order valence-electron chi connectivity index (χ4n) is 2.97. The van der Waals surface area contributed by atoms with Crippen LogP contribution in [0.1, 0.15) is 16.7 Å². The molecule has 1 aromatic heterocycles. The lowest BCUT2D eigenvalue weighted by atomic mass is 10.1. The molecule has 0 spiro atoms. The smallest absolute Gasteiger partial charge is 0.224 e. The Morgan fingerprint density at radius 2 is 2.00 bits per heavy atom. The van der Waals surface area contributed by atoms with Crippen molar-refractivity contribution in [2.45, 2.75) is 19.9 Å². The molecule has 2 aromatic carbocycles. The van der Waals surface area contributed by atoms with E-state index in [1.165, 1.54) is 0 Å². The maximum absolute atomic E-state index is 12.4. The number of hydrogen-bond donors (Lipinski definition) is 3. The van der Waals surface area contributed by atoms with Crippen LogP contribution in [-0.4, -0.2) is 29.2 Å². The maximum Gasteiger partial charge on any atom is 0.224 e. The number of aryl methyl sites for hydroxylation is 1. The van der Waals surface area contributed by atoms with E-state index in [2.05, 4.69) is 10.3 Å². The number of carbonyl (C=O) groups is 1. The number of aliphatic hydroxyl groups excluding tert-OH is 1. The van der Waals surface area contributed by atoms with Gasteiger partial charge in [-0.3, -0.25) is 4.79 Å². The summed E-state index contributed by atoms with van der Waals surface area (Å²) in [6.45, 7) is 2.63. The molecule has 1 heterocycles. The van der Waals surface area contributed by atoms with Crippen LogP contribution < -0.4 is 10.1 Å². The number of H-pyrrole nitrogens is 1. The number of aromatic nitrogens is 1. The van der Waals surface area contributed by atoms with Gasteiger partial charge in [-0.25, -0.2) is 0 Å². The van der Waals surface area contributed by atoms with Crippen molar-refractivity contribution in [2.75, 3.05) is 13.2 Å². The molecular weight excluding hydrogens is 316 g/mol. The summed E-state index contributed by atoms with van der Waals surface area (Å²) in [5.41, 5.74) is 4.09. The monoisotopic (exact) mass is 338 g/mol. The molecule has 0 aliphatic rings. The van der Waals surface area contributed by atoms with Crippen LogP contribution in [-0.2, 0) is 17.8 Å². The predicted octanol–water partition coefficient (Wildman–Crippen LogP) is 2.71. The summed E-state index contributed by atoms with van der Waals surface area (Å²) in [6, 6.07) is 13.6. The predicted molar refractivity (Wildman–Crippen MR) is 97.6 cm³/mol. The minimum absolute atomic E-state index is 0.0406. The molecule has 130 valence electrons. The number of aromatic amines is 1. The zero-order valence-corrected chi connectivity index (χ0v) is 14.2. The van der Waals surface area contributed by atoms with Crippen molar-refractivity contribution in [3.8, 4) is 5.75 Å². The Bertz CT molecular complexity index is 870. The number of aliphatic hydroxyl groups is 1. The summed E-state index contributed by atoms with van der Waals surface area (Å²) >= 11 is 0. The molecule has 0 saturated carbocycles. The number of benzene rings is 2. The Morgan fingerprint density at radius 3 is 2.84 bits per heavy atom. The van der Waals surface area contributed by atoms with Crippen molar-refractivity contribution in [1.29, 1.82) is 0 Å². The second kappa shape index (κ2) is 7.85. The lowest BCUT2D eigenvalue weighted by Crippen LogP contribution is -2.24. The quantitative estimate of drug-likeness (QED) is 0.620. The fraction of sp³-hybridized carbons (Fsp3) is 0.250. The van der Waals surface area contributed by atoms with E-state index in [0.717, 1.165) is 27.6 Å². The van der Waals surface area contributed by atoms with Gasteiger partial charge in [0.25, 0.3) is 0 Å². The molecule has 0 bridgehead atoms. The summed E-state index contributed by atoms with van der Waals surface area (Å²) in [5.74, 6) is 0.640. The minimum Gasteiger partial charge on any atom is -0.491 e. The number of amides is 1. The van der Waals surface area contributed by atoms with Crippen LogP contribution in [0.4, 0.5) is 0 Å². The molecule has 0 radical (unpaired) electrons. The van der Waals surface area contributed by atoms with Crippen LogP contribution in [0.2, 0.25) is 0 Å². The number of nitrogens with one attached hydrogen (secondary N) is 2. The van der Waals surface area contributed by atoms with E-state index < -0.39 is 0 Å². The molecule has 0 saturated heterocycles. The zero-order valence-electron chi connectivity index (χ0n) is 14.2. The Morgan fingerprint density at radius 1 is 1.16 bits per heavy atom. The van der Waals surface area contributed by atoms with Crippen molar-refractivity contribution >= 4 is 16.8 Å². The van der Waals surface area contributed by atoms with Gasteiger partial charge >= 0.3 is 0 Å². The van der Waals surface area contributed by atoms with Gasteiger partial charge in [0.05, 0.1) is 13.0 Å². The molecule has 1 amide bonds. The first-order valence-corrected chi connectivity index (χ1v) is 8.33. The lowest BCUT2D eigenvalue weighted by Gasteiger charge is -2.11. The van der Waals surface area contributed by atoms with Gasteiger partial charge in [-0.05, 0) is 30.2 Å². The number of rotatable bonds is 7. The molecule has 0 aliphatic carbocycles. The van der Waals surface area contributed by atoms with Crippen molar-refractivity contribution < 1.29 is 14.6 Å². The highest BCUT2D eigenvalue weighted by atomic mass is 16.5. The summed E-state index contributed by atoms with van der Waals surface area (Å²) in [4.78, 5) is 15.6. The van der Waals surface area contributed by atoms with Crippen LogP contribution in [0.15, 0.2) is 48.7 Å². The van der Waals surface area contributed by atoms with E-state index in [1.807, 2.05) is 55.6 Å².